The van der Waals surface area contributed by atoms with Gasteiger partial charge in [0.1, 0.15) is 0 Å². The van der Waals surface area contributed by atoms with Crippen molar-refractivity contribution in [3.05, 3.63) is 35.9 Å². The van der Waals surface area contributed by atoms with Crippen molar-refractivity contribution in [3.63, 3.8) is 0 Å². The van der Waals surface area contributed by atoms with Crippen molar-refractivity contribution in [2.75, 3.05) is 20.1 Å². The number of likely N-dealkylation sites (N-methyl/N-ethyl adjacent to an activating group) is 1. The summed E-state index contributed by atoms with van der Waals surface area (Å²) >= 11 is 0. The second kappa shape index (κ2) is 7.46. The third-order valence-corrected chi connectivity index (χ3v) is 3.52. The smallest absolute Gasteiger partial charge is 0.0193 e. The molecule has 0 fully saturated rings. The Morgan fingerprint density at radius 1 is 1.24 bits per heavy atom. The molecule has 0 saturated carbocycles. The maximum absolute atomic E-state index is 6.16. The summed E-state index contributed by atoms with van der Waals surface area (Å²) in [6, 6.07) is 10.9. The van der Waals surface area contributed by atoms with Gasteiger partial charge in [0.05, 0.1) is 0 Å². The lowest BCUT2D eigenvalue weighted by atomic mass is 10.00. The maximum atomic E-state index is 6.16. The minimum atomic E-state index is 0.292. The van der Waals surface area contributed by atoms with Gasteiger partial charge in [-0.05, 0) is 24.9 Å². The maximum Gasteiger partial charge on any atom is 0.0193 e. The van der Waals surface area contributed by atoms with Gasteiger partial charge in [0, 0.05) is 19.1 Å². The average Bonchev–Trinajstić information content (AvgIpc) is 2.36. The second-order valence-electron chi connectivity index (χ2n) is 5.05. The molecule has 2 heteroatoms. The van der Waals surface area contributed by atoms with E-state index in [1.165, 1.54) is 5.56 Å². The third kappa shape index (κ3) is 5.33. The molecule has 1 aromatic carbocycles. The van der Waals surface area contributed by atoms with Crippen LogP contribution in [0.1, 0.15) is 25.8 Å². The van der Waals surface area contributed by atoms with Crippen LogP contribution in [0.25, 0.3) is 0 Å². The number of hydrogen-bond donors (Lipinski definition) is 1. The van der Waals surface area contributed by atoms with Crippen LogP contribution in [0.2, 0.25) is 0 Å². The van der Waals surface area contributed by atoms with Crippen LogP contribution in [-0.2, 0) is 6.42 Å². The molecular formula is C15H26N2. The Hall–Kier alpha value is -0.860. The van der Waals surface area contributed by atoms with E-state index < -0.39 is 0 Å². The van der Waals surface area contributed by atoms with Gasteiger partial charge < -0.3 is 10.6 Å². The van der Waals surface area contributed by atoms with Gasteiger partial charge in [-0.2, -0.15) is 0 Å². The minimum absolute atomic E-state index is 0.292. The van der Waals surface area contributed by atoms with E-state index in [1.807, 2.05) is 0 Å². The predicted molar refractivity (Wildman–Crippen MR) is 75.1 cm³/mol. The van der Waals surface area contributed by atoms with E-state index in [-0.39, 0.29) is 0 Å². The zero-order valence-electron chi connectivity index (χ0n) is 11.4. The molecule has 0 saturated heterocycles. The first-order chi connectivity index (χ1) is 8.13. The molecule has 0 heterocycles. The first-order valence-corrected chi connectivity index (χ1v) is 6.61. The van der Waals surface area contributed by atoms with Crippen LogP contribution >= 0.6 is 0 Å². The Morgan fingerprint density at radius 2 is 1.88 bits per heavy atom. The number of benzene rings is 1. The number of nitrogens with zero attached hydrogens (tertiary/aromatic N) is 1. The van der Waals surface area contributed by atoms with Crippen molar-refractivity contribution in [3.8, 4) is 0 Å². The van der Waals surface area contributed by atoms with Gasteiger partial charge in [0.25, 0.3) is 0 Å². The van der Waals surface area contributed by atoms with E-state index >= 15 is 0 Å². The van der Waals surface area contributed by atoms with Crippen LogP contribution in [0, 0.1) is 5.92 Å². The molecule has 0 aliphatic heterocycles. The molecule has 0 aromatic heterocycles. The minimum Gasteiger partial charge on any atom is -0.326 e. The SMILES string of the molecule is CCC(C)C(N)CN(C)CCc1ccccc1. The fraction of sp³-hybridized carbons (Fsp3) is 0.600. The van der Waals surface area contributed by atoms with Crippen LogP contribution in [0.4, 0.5) is 0 Å². The molecule has 0 bridgehead atoms. The molecule has 0 aliphatic rings. The van der Waals surface area contributed by atoms with Crippen LogP contribution in [0.15, 0.2) is 30.3 Å². The lowest BCUT2D eigenvalue weighted by molar-refractivity contribution is 0.276. The molecule has 96 valence electrons. The monoisotopic (exact) mass is 234 g/mol. The Labute approximate surface area is 106 Å². The molecule has 0 aliphatic carbocycles. The zero-order chi connectivity index (χ0) is 12.7. The highest BCUT2D eigenvalue weighted by Gasteiger charge is 2.12. The second-order valence-corrected chi connectivity index (χ2v) is 5.05. The molecule has 0 spiro atoms. The fourth-order valence-corrected chi connectivity index (χ4v) is 1.90. The van der Waals surface area contributed by atoms with Crippen LogP contribution in [-0.4, -0.2) is 31.1 Å². The normalized spacial score (nSPS) is 14.9. The average molecular weight is 234 g/mol. The lowest BCUT2D eigenvalue weighted by Gasteiger charge is -2.25. The first-order valence-electron chi connectivity index (χ1n) is 6.61. The zero-order valence-corrected chi connectivity index (χ0v) is 11.4. The molecule has 2 nitrogen and oxygen atoms in total. The van der Waals surface area contributed by atoms with Gasteiger partial charge in [-0.25, -0.2) is 0 Å². The van der Waals surface area contributed by atoms with E-state index in [2.05, 4.69) is 56.1 Å². The van der Waals surface area contributed by atoms with Crippen molar-refractivity contribution in [1.82, 2.24) is 4.90 Å². The van der Waals surface area contributed by atoms with E-state index in [1.54, 1.807) is 0 Å². The van der Waals surface area contributed by atoms with Crippen molar-refractivity contribution in [2.45, 2.75) is 32.7 Å². The van der Waals surface area contributed by atoms with Crippen molar-refractivity contribution in [1.29, 1.82) is 0 Å². The summed E-state index contributed by atoms with van der Waals surface area (Å²) in [5, 5.41) is 0. The fourth-order valence-electron chi connectivity index (χ4n) is 1.90. The molecule has 17 heavy (non-hydrogen) atoms. The highest BCUT2D eigenvalue weighted by atomic mass is 15.1. The van der Waals surface area contributed by atoms with Gasteiger partial charge >= 0.3 is 0 Å². The summed E-state index contributed by atoms with van der Waals surface area (Å²) in [5.41, 5.74) is 7.56. The topological polar surface area (TPSA) is 29.3 Å². The van der Waals surface area contributed by atoms with Gasteiger partial charge in [0.15, 0.2) is 0 Å². The molecule has 0 amide bonds. The van der Waals surface area contributed by atoms with Gasteiger partial charge in [-0.1, -0.05) is 50.6 Å². The summed E-state index contributed by atoms with van der Waals surface area (Å²) in [7, 11) is 2.16. The number of nitrogens with two attached hydrogens (primary N) is 1. The van der Waals surface area contributed by atoms with E-state index in [0.717, 1.165) is 25.9 Å². The van der Waals surface area contributed by atoms with Gasteiger partial charge in [0.2, 0.25) is 0 Å². The van der Waals surface area contributed by atoms with Crippen molar-refractivity contribution in [2.24, 2.45) is 11.7 Å². The molecular weight excluding hydrogens is 208 g/mol. The molecule has 2 atom stereocenters. The summed E-state index contributed by atoms with van der Waals surface area (Å²) < 4.78 is 0. The molecule has 0 radical (unpaired) electrons. The number of rotatable bonds is 7. The molecule has 2 N–H and O–H groups in total. The quantitative estimate of drug-likeness (QED) is 0.785. The highest BCUT2D eigenvalue weighted by Crippen LogP contribution is 2.07. The Bertz CT molecular complexity index is 297. The van der Waals surface area contributed by atoms with Crippen molar-refractivity contribution < 1.29 is 0 Å². The summed E-state index contributed by atoms with van der Waals surface area (Å²) in [5.74, 6) is 0.606. The molecule has 1 aromatic rings. The van der Waals surface area contributed by atoms with Crippen LogP contribution < -0.4 is 5.73 Å². The Balaban J connectivity index is 2.28. The Morgan fingerprint density at radius 3 is 2.47 bits per heavy atom. The van der Waals surface area contributed by atoms with Crippen LogP contribution in [0.3, 0.4) is 0 Å². The summed E-state index contributed by atoms with van der Waals surface area (Å²) in [4.78, 5) is 2.34. The predicted octanol–water partition coefficient (Wildman–Crippen LogP) is 2.53. The Kier molecular flexibility index (Phi) is 6.23. The first kappa shape index (κ1) is 14.2. The molecule has 1 rings (SSSR count). The van der Waals surface area contributed by atoms with E-state index in [4.69, 9.17) is 5.73 Å². The standard InChI is InChI=1S/C15H26N2/c1-4-13(2)15(16)12-17(3)11-10-14-8-6-5-7-9-14/h5-9,13,15H,4,10-12,16H2,1-3H3. The summed E-state index contributed by atoms with van der Waals surface area (Å²) in [6.07, 6.45) is 2.26. The van der Waals surface area contributed by atoms with E-state index in [9.17, 15) is 0 Å². The van der Waals surface area contributed by atoms with Gasteiger partial charge in [-0.15, -0.1) is 0 Å². The van der Waals surface area contributed by atoms with Crippen LogP contribution in [0.5, 0.6) is 0 Å². The molecule has 2 unspecified atom stereocenters. The largest absolute Gasteiger partial charge is 0.326 e. The van der Waals surface area contributed by atoms with E-state index in [0.29, 0.717) is 12.0 Å². The van der Waals surface area contributed by atoms with Gasteiger partial charge in [-0.3, -0.25) is 0 Å². The third-order valence-electron chi connectivity index (χ3n) is 3.52. The number of hydrogen-bond acceptors (Lipinski definition) is 2. The highest BCUT2D eigenvalue weighted by molar-refractivity contribution is 5.14. The lowest BCUT2D eigenvalue weighted by Crippen LogP contribution is -2.40. The van der Waals surface area contributed by atoms with Crippen molar-refractivity contribution >= 4 is 0 Å². The summed E-state index contributed by atoms with van der Waals surface area (Å²) in [6.45, 7) is 6.50.